The summed E-state index contributed by atoms with van der Waals surface area (Å²) in [5.41, 5.74) is 7.89. The molecule has 2 N–H and O–H groups in total. The lowest BCUT2D eigenvalue weighted by molar-refractivity contribution is -0.142. The van der Waals surface area contributed by atoms with Crippen molar-refractivity contribution in [2.75, 3.05) is 6.54 Å². The fourth-order valence-electron chi connectivity index (χ4n) is 0.714. The molecule has 0 saturated carbocycles. The van der Waals surface area contributed by atoms with Crippen molar-refractivity contribution < 1.29 is 15.0 Å². The number of aliphatic hydroxyl groups is 1. The summed E-state index contributed by atoms with van der Waals surface area (Å²) >= 11 is 0. The molecule has 0 saturated heterocycles. The molecule has 0 amide bonds. The minimum atomic E-state index is -0.963. The molecule has 6 nitrogen and oxygen atoms in total. The molecule has 0 radical (unpaired) electrons. The van der Waals surface area contributed by atoms with Crippen LogP contribution in [0.25, 0.3) is 10.4 Å². The number of carboxylic acids is 1. The van der Waals surface area contributed by atoms with Crippen LogP contribution < -0.4 is 0 Å². The largest absolute Gasteiger partial charge is 0.481 e. The maximum Gasteiger partial charge on any atom is 0.306 e. The number of hydrogen-bond acceptors (Lipinski definition) is 3. The summed E-state index contributed by atoms with van der Waals surface area (Å²) in [7, 11) is 0. The van der Waals surface area contributed by atoms with E-state index in [1.165, 1.54) is 6.92 Å². The predicted octanol–water partition coefficient (Wildman–Crippen LogP) is 0.768. The summed E-state index contributed by atoms with van der Waals surface area (Å²) in [6.07, 6.45) is -0.763. The van der Waals surface area contributed by atoms with Crippen molar-refractivity contribution in [2.45, 2.75) is 19.4 Å². The zero-order valence-corrected chi connectivity index (χ0v) is 6.71. The van der Waals surface area contributed by atoms with Gasteiger partial charge >= 0.3 is 5.97 Å². The van der Waals surface area contributed by atoms with Crippen LogP contribution in [0.2, 0.25) is 0 Å². The highest BCUT2D eigenvalue weighted by molar-refractivity contribution is 5.69. The van der Waals surface area contributed by atoms with Gasteiger partial charge in [-0.05, 0) is 12.0 Å². The minimum Gasteiger partial charge on any atom is -0.481 e. The SMILES string of the molecule is CC(CC(O)CN=[N+]=[N-])C(=O)O. The molecule has 0 aromatic rings. The number of hydrogen-bond donors (Lipinski definition) is 2. The molecule has 0 aliphatic carbocycles. The van der Waals surface area contributed by atoms with Crippen LogP contribution in [-0.2, 0) is 4.79 Å². The van der Waals surface area contributed by atoms with E-state index in [9.17, 15) is 4.79 Å². The molecule has 2 unspecified atom stereocenters. The molecule has 0 aliphatic rings. The van der Waals surface area contributed by atoms with Gasteiger partial charge in [-0.25, -0.2) is 0 Å². The van der Waals surface area contributed by atoms with Gasteiger partial charge in [-0.3, -0.25) is 4.79 Å². The summed E-state index contributed by atoms with van der Waals surface area (Å²) in [5.74, 6) is -1.58. The van der Waals surface area contributed by atoms with E-state index in [1.807, 2.05) is 0 Å². The monoisotopic (exact) mass is 173 g/mol. The van der Waals surface area contributed by atoms with Crippen LogP contribution >= 0.6 is 0 Å². The van der Waals surface area contributed by atoms with E-state index < -0.39 is 18.0 Å². The highest BCUT2D eigenvalue weighted by Crippen LogP contribution is 2.06. The molecule has 0 aromatic heterocycles. The minimum absolute atomic E-state index is 0.0753. The van der Waals surface area contributed by atoms with Crippen molar-refractivity contribution >= 4 is 5.97 Å². The lowest BCUT2D eigenvalue weighted by atomic mass is 10.0. The van der Waals surface area contributed by atoms with Gasteiger partial charge in [0, 0.05) is 4.91 Å². The van der Waals surface area contributed by atoms with Crippen molar-refractivity contribution in [1.29, 1.82) is 0 Å². The van der Waals surface area contributed by atoms with E-state index in [1.54, 1.807) is 0 Å². The topological polar surface area (TPSA) is 106 Å². The first-order valence-corrected chi connectivity index (χ1v) is 3.49. The molecule has 2 atom stereocenters. The van der Waals surface area contributed by atoms with Gasteiger partial charge in [0.15, 0.2) is 0 Å². The third kappa shape index (κ3) is 4.54. The van der Waals surface area contributed by atoms with Gasteiger partial charge in [-0.2, -0.15) is 0 Å². The van der Waals surface area contributed by atoms with Crippen molar-refractivity contribution in [1.82, 2.24) is 0 Å². The van der Waals surface area contributed by atoms with Gasteiger partial charge in [-0.1, -0.05) is 12.0 Å². The van der Waals surface area contributed by atoms with Crippen molar-refractivity contribution in [3.05, 3.63) is 10.4 Å². The fourth-order valence-corrected chi connectivity index (χ4v) is 0.714. The van der Waals surface area contributed by atoms with Gasteiger partial charge in [0.2, 0.25) is 0 Å². The maximum atomic E-state index is 10.3. The van der Waals surface area contributed by atoms with Gasteiger partial charge in [-0.15, -0.1) is 0 Å². The van der Waals surface area contributed by atoms with E-state index in [-0.39, 0.29) is 13.0 Å². The number of nitrogens with zero attached hydrogens (tertiary/aromatic N) is 3. The molecule has 0 heterocycles. The van der Waals surface area contributed by atoms with E-state index in [0.29, 0.717) is 0 Å². The normalized spacial score (nSPS) is 14.5. The first kappa shape index (κ1) is 10.7. The Kier molecular flexibility index (Phi) is 4.83. The van der Waals surface area contributed by atoms with Crippen LogP contribution in [0.5, 0.6) is 0 Å². The second-order valence-electron chi connectivity index (χ2n) is 2.54. The Morgan fingerprint density at radius 3 is 2.75 bits per heavy atom. The molecular weight excluding hydrogens is 162 g/mol. The number of aliphatic hydroxyl groups excluding tert-OH is 1. The Morgan fingerprint density at radius 1 is 1.75 bits per heavy atom. The van der Waals surface area contributed by atoms with Crippen molar-refractivity contribution in [3.63, 3.8) is 0 Å². The Labute approximate surface area is 69.4 Å². The first-order valence-electron chi connectivity index (χ1n) is 3.49. The number of carboxylic acid groups (broad SMARTS) is 1. The second kappa shape index (κ2) is 5.40. The highest BCUT2D eigenvalue weighted by Gasteiger charge is 2.15. The van der Waals surface area contributed by atoms with Crippen LogP contribution in [0.15, 0.2) is 5.11 Å². The number of azide groups is 1. The standard InChI is InChI=1S/C6H11N3O3/c1-4(6(11)12)2-5(10)3-8-9-7/h4-5,10H,2-3H2,1H3,(H,11,12). The van der Waals surface area contributed by atoms with Gasteiger partial charge in [0.1, 0.15) is 0 Å². The molecule has 0 rings (SSSR count). The Hall–Kier alpha value is -1.26. The van der Waals surface area contributed by atoms with E-state index in [0.717, 1.165) is 0 Å². The summed E-state index contributed by atoms with van der Waals surface area (Å²) < 4.78 is 0. The average Bonchev–Trinajstić information content (AvgIpc) is 2.00. The lowest BCUT2D eigenvalue weighted by Gasteiger charge is -2.09. The quantitative estimate of drug-likeness (QED) is 0.364. The molecular formula is C6H11N3O3. The summed E-state index contributed by atoms with van der Waals surface area (Å²) in [5, 5.41) is 20.6. The smallest absolute Gasteiger partial charge is 0.306 e. The second-order valence-corrected chi connectivity index (χ2v) is 2.54. The Bertz CT molecular complexity index is 200. The van der Waals surface area contributed by atoms with Crippen LogP contribution in [0, 0.1) is 5.92 Å². The number of rotatable bonds is 5. The Morgan fingerprint density at radius 2 is 2.33 bits per heavy atom. The third-order valence-electron chi connectivity index (χ3n) is 1.40. The van der Waals surface area contributed by atoms with Crippen LogP contribution in [0.4, 0.5) is 0 Å². The highest BCUT2D eigenvalue weighted by atomic mass is 16.4. The molecule has 0 bridgehead atoms. The molecule has 0 aliphatic heterocycles. The molecule has 0 fully saturated rings. The Balaban J connectivity index is 3.75. The number of aliphatic carboxylic acids is 1. The van der Waals surface area contributed by atoms with Crippen molar-refractivity contribution in [3.8, 4) is 0 Å². The molecule has 12 heavy (non-hydrogen) atoms. The fraction of sp³-hybridized carbons (Fsp3) is 0.833. The molecule has 6 heteroatoms. The van der Waals surface area contributed by atoms with Gasteiger partial charge < -0.3 is 10.2 Å². The van der Waals surface area contributed by atoms with Gasteiger partial charge in [0.05, 0.1) is 18.6 Å². The third-order valence-corrected chi connectivity index (χ3v) is 1.40. The van der Waals surface area contributed by atoms with Gasteiger partial charge in [0.25, 0.3) is 0 Å². The van der Waals surface area contributed by atoms with Crippen LogP contribution in [0.1, 0.15) is 13.3 Å². The predicted molar refractivity (Wildman–Crippen MR) is 41.4 cm³/mol. The van der Waals surface area contributed by atoms with Crippen LogP contribution in [0.3, 0.4) is 0 Å². The van der Waals surface area contributed by atoms with Crippen molar-refractivity contribution in [2.24, 2.45) is 11.0 Å². The summed E-state index contributed by atoms with van der Waals surface area (Å²) in [6.45, 7) is 1.41. The van der Waals surface area contributed by atoms with E-state index >= 15 is 0 Å². The van der Waals surface area contributed by atoms with E-state index in [2.05, 4.69) is 10.0 Å². The van der Waals surface area contributed by atoms with E-state index in [4.69, 9.17) is 15.7 Å². The average molecular weight is 173 g/mol. The lowest BCUT2D eigenvalue weighted by Crippen LogP contribution is -2.20. The maximum absolute atomic E-state index is 10.3. The molecule has 0 aromatic carbocycles. The number of carbonyl (C=O) groups is 1. The summed E-state index contributed by atoms with van der Waals surface area (Å²) in [6, 6.07) is 0. The first-order chi connectivity index (χ1) is 5.57. The molecule has 0 spiro atoms. The zero-order chi connectivity index (χ0) is 9.56. The zero-order valence-electron chi connectivity index (χ0n) is 6.71. The molecule has 68 valence electrons. The van der Waals surface area contributed by atoms with Crippen LogP contribution in [-0.4, -0.2) is 28.8 Å². The summed E-state index contributed by atoms with van der Waals surface area (Å²) in [4.78, 5) is 12.7.